The molecule has 0 aromatic heterocycles. The van der Waals surface area contributed by atoms with Gasteiger partial charge in [-0.2, -0.15) is 0 Å². The van der Waals surface area contributed by atoms with Gasteiger partial charge < -0.3 is 9.84 Å². The van der Waals surface area contributed by atoms with Crippen LogP contribution in [0.2, 0.25) is 0 Å². The number of allylic oxidation sites excluding steroid dienone is 3. The lowest BCUT2D eigenvalue weighted by atomic mass is 9.83. The first-order chi connectivity index (χ1) is 16.3. The molecule has 0 radical (unpaired) electrons. The number of aliphatic imine (C=N–C) groups is 1. The van der Waals surface area contributed by atoms with Crippen molar-refractivity contribution in [3.8, 4) is 0 Å². The molecule has 3 aliphatic rings. The molecule has 0 bridgehead atoms. The summed E-state index contributed by atoms with van der Waals surface area (Å²) in [6.45, 7) is 8.63. The van der Waals surface area contributed by atoms with Gasteiger partial charge in [-0.05, 0) is 44.4 Å². The topological polar surface area (TPSA) is 79.2 Å². The van der Waals surface area contributed by atoms with E-state index in [-0.39, 0.29) is 35.7 Å². The number of ether oxygens (including phenoxy) is 1. The van der Waals surface area contributed by atoms with E-state index in [2.05, 4.69) is 4.99 Å². The Balaban J connectivity index is 1.75. The van der Waals surface area contributed by atoms with E-state index in [4.69, 9.17) is 4.74 Å². The molecule has 0 saturated carbocycles. The number of nitrogens with zero attached hydrogens (tertiary/aromatic N) is 2. The fraction of sp³-hybridized carbons (Fsp3) is 0.444. The number of amides is 1. The van der Waals surface area contributed by atoms with Crippen molar-refractivity contribution >= 4 is 34.2 Å². The fourth-order valence-electron chi connectivity index (χ4n) is 4.65. The quantitative estimate of drug-likeness (QED) is 0.553. The highest BCUT2D eigenvalue weighted by atomic mass is 32.2. The summed E-state index contributed by atoms with van der Waals surface area (Å²) in [6.07, 6.45) is 6.66. The second-order valence-corrected chi connectivity index (χ2v) is 10.6. The molecule has 0 fully saturated rings. The third kappa shape index (κ3) is 4.85. The van der Waals surface area contributed by atoms with Gasteiger partial charge in [-0.15, -0.1) is 11.8 Å². The number of rotatable bonds is 8. The van der Waals surface area contributed by atoms with Gasteiger partial charge in [0.05, 0.1) is 22.8 Å². The third-order valence-corrected chi connectivity index (χ3v) is 7.05. The van der Waals surface area contributed by atoms with Crippen LogP contribution in [0.4, 0.5) is 5.69 Å². The summed E-state index contributed by atoms with van der Waals surface area (Å²) in [6, 6.07) is 7.00. The molecule has 6 nitrogen and oxygen atoms in total. The van der Waals surface area contributed by atoms with Crippen LogP contribution in [0.1, 0.15) is 46.1 Å². The fourth-order valence-corrected chi connectivity index (χ4v) is 5.51. The van der Waals surface area contributed by atoms with E-state index in [1.165, 1.54) is 0 Å². The van der Waals surface area contributed by atoms with E-state index in [1.807, 2.05) is 70.2 Å². The Hall–Kier alpha value is -2.80. The Morgan fingerprint density at radius 2 is 1.97 bits per heavy atom. The molecule has 34 heavy (non-hydrogen) atoms. The normalized spacial score (nSPS) is 22.6. The Kier molecular flexibility index (Phi) is 7.31. The average Bonchev–Trinajstić information content (AvgIpc) is 3.41. The van der Waals surface area contributed by atoms with Gasteiger partial charge in [-0.25, -0.2) is 0 Å². The zero-order valence-corrected chi connectivity index (χ0v) is 21.0. The van der Waals surface area contributed by atoms with Crippen LogP contribution in [0.3, 0.4) is 0 Å². The van der Waals surface area contributed by atoms with Gasteiger partial charge in [0.1, 0.15) is 5.76 Å². The lowest BCUT2D eigenvalue weighted by Gasteiger charge is -2.35. The third-order valence-electron chi connectivity index (χ3n) is 6.03. The number of aliphatic hydroxyl groups is 1. The zero-order valence-electron chi connectivity index (χ0n) is 20.2. The summed E-state index contributed by atoms with van der Waals surface area (Å²) in [5, 5.41) is 11.9. The molecule has 1 unspecified atom stereocenters. The monoisotopic (exact) mass is 480 g/mol. The van der Waals surface area contributed by atoms with Crippen LogP contribution in [0.5, 0.6) is 0 Å². The molecule has 7 heteroatoms. The maximum atomic E-state index is 13.4. The number of benzene rings is 1. The predicted molar refractivity (Wildman–Crippen MR) is 137 cm³/mol. The van der Waals surface area contributed by atoms with Crippen molar-refractivity contribution < 1.29 is 19.4 Å². The van der Waals surface area contributed by atoms with Gasteiger partial charge >= 0.3 is 0 Å². The minimum atomic E-state index is -0.641. The van der Waals surface area contributed by atoms with Crippen LogP contribution in [-0.4, -0.2) is 46.3 Å². The largest absolute Gasteiger partial charge is 0.503 e. The van der Waals surface area contributed by atoms with Gasteiger partial charge in [0, 0.05) is 35.9 Å². The molecule has 2 atom stereocenters. The van der Waals surface area contributed by atoms with Crippen molar-refractivity contribution in [2.24, 2.45) is 16.8 Å². The van der Waals surface area contributed by atoms with Gasteiger partial charge in [0.25, 0.3) is 5.91 Å². The van der Waals surface area contributed by atoms with Crippen LogP contribution in [0, 0.1) is 11.8 Å². The number of anilines is 1. The lowest BCUT2D eigenvalue weighted by Crippen LogP contribution is -2.43. The number of hydrogen-bond acceptors (Lipinski definition) is 6. The molecule has 2 heterocycles. The van der Waals surface area contributed by atoms with E-state index in [0.717, 1.165) is 28.7 Å². The van der Waals surface area contributed by atoms with Crippen molar-refractivity contribution in [1.82, 2.24) is 0 Å². The first-order valence-corrected chi connectivity index (χ1v) is 12.9. The second-order valence-electron chi connectivity index (χ2n) is 9.49. The molecule has 1 aromatic rings. The summed E-state index contributed by atoms with van der Waals surface area (Å²) >= 11 is 1.72. The summed E-state index contributed by atoms with van der Waals surface area (Å²) < 4.78 is 6.10. The van der Waals surface area contributed by atoms with Gasteiger partial charge in [-0.1, -0.05) is 38.1 Å². The highest BCUT2D eigenvalue weighted by Crippen LogP contribution is 2.41. The predicted octanol–water partition coefficient (Wildman–Crippen LogP) is 5.21. The van der Waals surface area contributed by atoms with Crippen molar-refractivity contribution in [3.63, 3.8) is 0 Å². The molecular weight excluding hydrogens is 448 g/mol. The molecule has 1 N–H and O–H groups in total. The summed E-state index contributed by atoms with van der Waals surface area (Å²) in [5.74, 6) is 0.336. The second kappa shape index (κ2) is 10.2. The Labute approximate surface area is 205 Å². The highest BCUT2D eigenvalue weighted by molar-refractivity contribution is 8.14. The Bertz CT molecular complexity index is 1080. The van der Waals surface area contributed by atoms with Gasteiger partial charge in [-0.3, -0.25) is 19.5 Å². The van der Waals surface area contributed by atoms with E-state index >= 15 is 0 Å². The highest BCUT2D eigenvalue weighted by Gasteiger charge is 2.48. The molecule has 2 aliphatic heterocycles. The van der Waals surface area contributed by atoms with E-state index < -0.39 is 17.7 Å². The number of hydrogen-bond donors (Lipinski definition) is 1. The summed E-state index contributed by atoms with van der Waals surface area (Å²) in [5.41, 5.74) is 1.84. The van der Waals surface area contributed by atoms with Crippen LogP contribution < -0.4 is 4.90 Å². The molecule has 1 aromatic carbocycles. The minimum absolute atomic E-state index is 0.0535. The summed E-state index contributed by atoms with van der Waals surface area (Å²) in [4.78, 5) is 32.8. The standard InChI is InChI=1S/C27H32N2O4S/c1-16(2)15-21(30)23-24(20-7-5-6-8-22(20)33-17(3)4)29(27(32)25(23)31)19-11-9-18(10-12-19)26-28-13-14-34-26/h5-6,8-12,16-17,20,24,31H,7,13-15H2,1-4H3/t20-,24?/m1/s1. The van der Waals surface area contributed by atoms with Crippen LogP contribution >= 0.6 is 11.8 Å². The molecule has 180 valence electrons. The van der Waals surface area contributed by atoms with Crippen molar-refractivity contribution in [3.05, 3.63) is 65.1 Å². The van der Waals surface area contributed by atoms with Crippen molar-refractivity contribution in [2.75, 3.05) is 17.2 Å². The minimum Gasteiger partial charge on any atom is -0.503 e. The van der Waals surface area contributed by atoms with Crippen LogP contribution in [0.15, 0.2) is 64.6 Å². The number of thioether (sulfide) groups is 1. The van der Waals surface area contributed by atoms with Gasteiger partial charge in [0.2, 0.25) is 0 Å². The maximum Gasteiger partial charge on any atom is 0.294 e. The van der Waals surface area contributed by atoms with E-state index in [1.54, 1.807) is 16.7 Å². The Morgan fingerprint density at radius 3 is 2.59 bits per heavy atom. The molecule has 0 saturated heterocycles. The maximum absolute atomic E-state index is 13.4. The number of carbonyl (C=O) groups excluding carboxylic acids is 2. The van der Waals surface area contributed by atoms with Crippen molar-refractivity contribution in [2.45, 2.75) is 52.7 Å². The first-order valence-electron chi connectivity index (χ1n) is 11.9. The van der Waals surface area contributed by atoms with Gasteiger partial charge in [0.15, 0.2) is 11.5 Å². The zero-order chi connectivity index (χ0) is 24.4. The average molecular weight is 481 g/mol. The smallest absolute Gasteiger partial charge is 0.294 e. The molecular formula is C27H32N2O4S. The molecule has 1 amide bonds. The lowest BCUT2D eigenvalue weighted by molar-refractivity contribution is -0.118. The first kappa shape index (κ1) is 24.3. The molecule has 0 spiro atoms. The van der Waals surface area contributed by atoms with E-state index in [9.17, 15) is 14.7 Å². The molecule has 1 aliphatic carbocycles. The summed E-state index contributed by atoms with van der Waals surface area (Å²) in [7, 11) is 0. The number of aliphatic hydroxyl groups excluding tert-OH is 1. The number of Topliss-reactive ketones (excluding diaryl/α,β-unsaturated/α-hetero) is 1. The van der Waals surface area contributed by atoms with Crippen LogP contribution in [-0.2, 0) is 14.3 Å². The number of ketones is 1. The van der Waals surface area contributed by atoms with Crippen LogP contribution in [0.25, 0.3) is 0 Å². The van der Waals surface area contributed by atoms with Crippen molar-refractivity contribution in [1.29, 1.82) is 0 Å². The number of carbonyl (C=O) groups is 2. The Morgan fingerprint density at radius 1 is 1.24 bits per heavy atom. The SMILES string of the molecule is CC(C)CC(=O)C1=C(O)C(=O)N(c2ccc(C3=NCCS3)cc2)C1[C@@H]1CC=CC=C1OC(C)C. The van der Waals surface area contributed by atoms with E-state index in [0.29, 0.717) is 12.1 Å². The molecule has 4 rings (SSSR count).